The third kappa shape index (κ3) is 3.39. The summed E-state index contributed by atoms with van der Waals surface area (Å²) in [6.45, 7) is 6.08. The van der Waals surface area contributed by atoms with E-state index in [0.717, 1.165) is 13.1 Å². The lowest BCUT2D eigenvalue weighted by molar-refractivity contribution is 0.0745. The molecular weight excluding hydrogens is 344 g/mol. The van der Waals surface area contributed by atoms with E-state index in [2.05, 4.69) is 30.0 Å². The summed E-state index contributed by atoms with van der Waals surface area (Å²) < 4.78 is 16.7. The predicted molar refractivity (Wildman–Crippen MR) is 103 cm³/mol. The smallest absolute Gasteiger partial charge is 0.254 e. The van der Waals surface area contributed by atoms with Crippen LogP contribution in [0.15, 0.2) is 36.4 Å². The molecule has 0 aromatic heterocycles. The predicted octanol–water partition coefficient (Wildman–Crippen LogP) is 2.74. The van der Waals surface area contributed by atoms with Crippen LogP contribution in [-0.2, 0) is 0 Å². The van der Waals surface area contributed by atoms with E-state index >= 15 is 0 Å². The van der Waals surface area contributed by atoms with Gasteiger partial charge in [0.2, 0.25) is 5.75 Å². The minimum atomic E-state index is -0.00490. The number of rotatable bonds is 3. The number of benzene rings is 2. The number of carbonyl (C=O) groups excluding carboxylic acids is 1. The lowest BCUT2D eigenvalue weighted by Crippen LogP contribution is -2.49. The summed E-state index contributed by atoms with van der Waals surface area (Å²) in [5.74, 6) is 1.68. The number of hydrogen-bond donors (Lipinski definition) is 0. The van der Waals surface area contributed by atoms with Crippen LogP contribution >= 0.6 is 0 Å². The molecule has 0 bridgehead atoms. The summed E-state index contributed by atoms with van der Waals surface area (Å²) in [5.41, 5.74) is 3.07. The van der Waals surface area contributed by atoms with Crippen molar-refractivity contribution in [2.24, 2.45) is 0 Å². The van der Waals surface area contributed by atoms with Crippen molar-refractivity contribution in [3.05, 3.63) is 47.5 Å². The molecule has 2 aromatic rings. The molecule has 0 atom stereocenters. The van der Waals surface area contributed by atoms with Gasteiger partial charge in [0.25, 0.3) is 5.91 Å². The highest BCUT2D eigenvalue weighted by atomic mass is 16.6. The van der Waals surface area contributed by atoms with Gasteiger partial charge in [0.05, 0.1) is 7.11 Å². The number of ether oxygens (including phenoxy) is 3. The Labute approximate surface area is 159 Å². The van der Waals surface area contributed by atoms with E-state index < -0.39 is 0 Å². The summed E-state index contributed by atoms with van der Waals surface area (Å²) in [6, 6.07) is 11.9. The first-order valence-electron chi connectivity index (χ1n) is 9.25. The molecule has 0 saturated carbocycles. The van der Waals surface area contributed by atoms with Crippen molar-refractivity contribution < 1.29 is 19.0 Å². The molecule has 0 N–H and O–H groups in total. The fourth-order valence-corrected chi connectivity index (χ4v) is 3.65. The van der Waals surface area contributed by atoms with Gasteiger partial charge in [-0.15, -0.1) is 0 Å². The van der Waals surface area contributed by atoms with Gasteiger partial charge in [0.1, 0.15) is 13.2 Å². The summed E-state index contributed by atoms with van der Waals surface area (Å²) in [5, 5.41) is 0. The monoisotopic (exact) mass is 368 g/mol. The molecular formula is C21H24N2O4. The van der Waals surface area contributed by atoms with Gasteiger partial charge in [0, 0.05) is 37.4 Å². The number of aryl methyl sites for hydroxylation is 1. The standard InChI is InChI=1S/C21H24N2O4/c1-15-5-3-4-6-17(15)22-7-9-23(10-8-22)21(24)16-13-18(25-2)20-19(14-16)26-11-12-27-20/h3-6,13-14H,7-12H2,1-2H3. The number of fused-ring (bicyclic) bond motifs is 1. The van der Waals surface area contributed by atoms with Crippen LogP contribution in [0.5, 0.6) is 17.2 Å². The normalized spacial score (nSPS) is 16.2. The van der Waals surface area contributed by atoms with Crippen molar-refractivity contribution in [1.82, 2.24) is 4.90 Å². The average Bonchev–Trinajstić information content (AvgIpc) is 2.73. The summed E-state index contributed by atoms with van der Waals surface area (Å²) in [6.07, 6.45) is 0. The van der Waals surface area contributed by atoms with Crippen LogP contribution in [0.4, 0.5) is 5.69 Å². The van der Waals surface area contributed by atoms with E-state index in [9.17, 15) is 4.79 Å². The van der Waals surface area contributed by atoms with Crippen molar-refractivity contribution in [3.8, 4) is 17.2 Å². The van der Waals surface area contributed by atoms with Crippen molar-refractivity contribution in [2.45, 2.75) is 6.92 Å². The third-order valence-corrected chi connectivity index (χ3v) is 5.10. The highest BCUT2D eigenvalue weighted by Crippen LogP contribution is 2.40. The molecule has 2 aliphatic rings. The lowest BCUT2D eigenvalue weighted by atomic mass is 10.1. The van der Waals surface area contributed by atoms with Crippen LogP contribution in [0.3, 0.4) is 0 Å². The summed E-state index contributed by atoms with van der Waals surface area (Å²) >= 11 is 0. The number of nitrogens with zero attached hydrogens (tertiary/aromatic N) is 2. The second-order valence-electron chi connectivity index (χ2n) is 6.77. The zero-order chi connectivity index (χ0) is 18.8. The third-order valence-electron chi connectivity index (χ3n) is 5.10. The van der Waals surface area contributed by atoms with E-state index in [0.29, 0.717) is 49.1 Å². The molecule has 4 rings (SSSR count). The number of hydrogen-bond acceptors (Lipinski definition) is 5. The Bertz CT molecular complexity index is 827. The van der Waals surface area contributed by atoms with Gasteiger partial charge >= 0.3 is 0 Å². The molecule has 0 aliphatic carbocycles. The highest BCUT2D eigenvalue weighted by molar-refractivity contribution is 5.96. The zero-order valence-electron chi connectivity index (χ0n) is 15.7. The van der Waals surface area contributed by atoms with Crippen molar-refractivity contribution in [2.75, 3.05) is 51.4 Å². The Kier molecular flexibility index (Phi) is 4.79. The Balaban J connectivity index is 1.49. The molecule has 1 amide bonds. The minimum absolute atomic E-state index is 0.00490. The SMILES string of the molecule is COc1cc(C(=O)N2CCN(c3ccccc3C)CC2)cc2c1OCCO2. The zero-order valence-corrected chi connectivity index (χ0v) is 15.7. The van der Waals surface area contributed by atoms with Crippen molar-refractivity contribution >= 4 is 11.6 Å². The maximum Gasteiger partial charge on any atom is 0.254 e. The molecule has 1 fully saturated rings. The maximum atomic E-state index is 13.0. The molecule has 142 valence electrons. The summed E-state index contributed by atoms with van der Waals surface area (Å²) in [7, 11) is 1.57. The molecule has 1 saturated heterocycles. The van der Waals surface area contributed by atoms with Gasteiger partial charge in [-0.1, -0.05) is 18.2 Å². The second-order valence-corrected chi connectivity index (χ2v) is 6.77. The average molecular weight is 368 g/mol. The first kappa shape index (κ1) is 17.5. The molecule has 2 aromatic carbocycles. The molecule has 0 unspecified atom stereocenters. The molecule has 2 aliphatic heterocycles. The van der Waals surface area contributed by atoms with Crippen LogP contribution in [0.2, 0.25) is 0 Å². The molecule has 0 radical (unpaired) electrons. The van der Waals surface area contributed by atoms with Crippen molar-refractivity contribution in [3.63, 3.8) is 0 Å². The van der Waals surface area contributed by atoms with Gasteiger partial charge in [-0.05, 0) is 30.7 Å². The molecule has 6 nitrogen and oxygen atoms in total. The number of anilines is 1. The Morgan fingerprint density at radius 3 is 2.52 bits per heavy atom. The Hall–Kier alpha value is -2.89. The van der Waals surface area contributed by atoms with Crippen LogP contribution in [-0.4, -0.2) is 57.3 Å². The van der Waals surface area contributed by atoms with E-state index in [1.54, 1.807) is 19.2 Å². The van der Waals surface area contributed by atoms with E-state index in [1.165, 1.54) is 11.3 Å². The Morgan fingerprint density at radius 1 is 1.04 bits per heavy atom. The first-order valence-corrected chi connectivity index (χ1v) is 9.25. The number of carbonyl (C=O) groups is 1. The number of methoxy groups -OCH3 is 1. The molecule has 0 spiro atoms. The van der Waals surface area contributed by atoms with Gasteiger partial charge in [-0.3, -0.25) is 4.79 Å². The quantitative estimate of drug-likeness (QED) is 0.834. The fraction of sp³-hybridized carbons (Fsp3) is 0.381. The largest absolute Gasteiger partial charge is 0.493 e. The van der Waals surface area contributed by atoms with Gasteiger partial charge in [0.15, 0.2) is 11.5 Å². The van der Waals surface area contributed by atoms with E-state index in [-0.39, 0.29) is 5.91 Å². The van der Waals surface area contributed by atoms with Gasteiger partial charge in [-0.25, -0.2) is 0 Å². The molecule has 27 heavy (non-hydrogen) atoms. The van der Waals surface area contributed by atoms with E-state index in [4.69, 9.17) is 14.2 Å². The minimum Gasteiger partial charge on any atom is -0.493 e. The van der Waals surface area contributed by atoms with E-state index in [1.807, 2.05) is 11.0 Å². The number of amides is 1. The maximum absolute atomic E-state index is 13.0. The molecule has 6 heteroatoms. The first-order chi connectivity index (χ1) is 13.2. The lowest BCUT2D eigenvalue weighted by Gasteiger charge is -2.37. The second kappa shape index (κ2) is 7.39. The summed E-state index contributed by atoms with van der Waals surface area (Å²) in [4.78, 5) is 17.2. The van der Waals surface area contributed by atoms with Gasteiger partial charge < -0.3 is 24.0 Å². The number of para-hydroxylation sites is 1. The van der Waals surface area contributed by atoms with Crippen LogP contribution in [0, 0.1) is 6.92 Å². The van der Waals surface area contributed by atoms with Crippen LogP contribution in [0.1, 0.15) is 15.9 Å². The fourth-order valence-electron chi connectivity index (χ4n) is 3.65. The van der Waals surface area contributed by atoms with Crippen LogP contribution in [0.25, 0.3) is 0 Å². The van der Waals surface area contributed by atoms with Crippen molar-refractivity contribution in [1.29, 1.82) is 0 Å². The number of piperazine rings is 1. The van der Waals surface area contributed by atoms with Gasteiger partial charge in [-0.2, -0.15) is 0 Å². The van der Waals surface area contributed by atoms with Crippen LogP contribution < -0.4 is 19.1 Å². The topological polar surface area (TPSA) is 51.2 Å². The Morgan fingerprint density at radius 2 is 1.78 bits per heavy atom. The highest BCUT2D eigenvalue weighted by Gasteiger charge is 2.26. The molecule has 2 heterocycles.